The van der Waals surface area contributed by atoms with Crippen molar-refractivity contribution in [3.8, 4) is 5.69 Å². The fraction of sp³-hybridized carbons (Fsp3) is 0.368. The third-order valence-electron chi connectivity index (χ3n) is 3.35. The zero-order chi connectivity index (χ0) is 17.2. The number of esters is 1. The minimum Gasteiger partial charge on any atom is -0.460 e. The molecule has 5 heteroatoms. The molecule has 0 bridgehead atoms. The lowest BCUT2D eigenvalue weighted by molar-refractivity contribution is -0.139. The van der Waals surface area contributed by atoms with Crippen molar-refractivity contribution < 1.29 is 14.3 Å². The first-order valence-corrected chi connectivity index (χ1v) is 8.18. The maximum Gasteiger partial charge on any atom is 0.330 e. The minimum absolute atomic E-state index is 0.268. The van der Waals surface area contributed by atoms with Crippen LogP contribution in [0.25, 0.3) is 11.8 Å². The Morgan fingerprint density at radius 1 is 1.21 bits per heavy atom. The molecule has 5 nitrogen and oxygen atoms in total. The number of rotatable bonds is 9. The molecular formula is C19H24N2O3. The van der Waals surface area contributed by atoms with E-state index >= 15 is 0 Å². The summed E-state index contributed by atoms with van der Waals surface area (Å²) in [7, 11) is 0. The molecule has 1 aromatic carbocycles. The molecule has 0 atom stereocenters. The lowest BCUT2D eigenvalue weighted by Gasteiger charge is -2.06. The lowest BCUT2D eigenvalue weighted by atomic mass is 10.1. The van der Waals surface area contributed by atoms with E-state index in [1.807, 2.05) is 36.5 Å². The van der Waals surface area contributed by atoms with Crippen LogP contribution in [-0.4, -0.2) is 35.6 Å². The van der Waals surface area contributed by atoms with E-state index in [0.717, 1.165) is 17.7 Å². The predicted octanol–water partition coefficient (Wildman–Crippen LogP) is 3.49. The Morgan fingerprint density at radius 3 is 2.75 bits per heavy atom. The third kappa shape index (κ3) is 6.38. The molecule has 0 saturated heterocycles. The van der Waals surface area contributed by atoms with E-state index < -0.39 is 0 Å². The Hall–Kier alpha value is -2.40. The van der Waals surface area contributed by atoms with Crippen LogP contribution in [0, 0.1) is 5.92 Å². The molecular weight excluding hydrogens is 304 g/mol. The second kappa shape index (κ2) is 9.67. The van der Waals surface area contributed by atoms with Gasteiger partial charge in [0.15, 0.2) is 0 Å². The Morgan fingerprint density at radius 2 is 2.00 bits per heavy atom. The molecule has 2 rings (SSSR count). The number of hydrogen-bond donors (Lipinski definition) is 0. The van der Waals surface area contributed by atoms with Crippen LogP contribution in [0.1, 0.15) is 25.8 Å². The van der Waals surface area contributed by atoms with Crippen molar-refractivity contribution in [3.63, 3.8) is 0 Å². The fourth-order valence-electron chi connectivity index (χ4n) is 1.98. The SMILES string of the molecule is CC(C)CCOCCOC(=O)C=Cc1cnn(-c2ccccc2)c1. The van der Waals surface area contributed by atoms with Crippen LogP contribution in [0.15, 0.2) is 48.8 Å². The van der Waals surface area contributed by atoms with Crippen molar-refractivity contribution >= 4 is 12.0 Å². The van der Waals surface area contributed by atoms with E-state index in [-0.39, 0.29) is 12.6 Å². The molecule has 0 saturated carbocycles. The lowest BCUT2D eigenvalue weighted by Crippen LogP contribution is -2.09. The molecule has 0 spiro atoms. The minimum atomic E-state index is -0.380. The van der Waals surface area contributed by atoms with E-state index in [0.29, 0.717) is 19.1 Å². The summed E-state index contributed by atoms with van der Waals surface area (Å²) >= 11 is 0. The standard InChI is InChI=1S/C19H24N2O3/c1-16(2)10-11-23-12-13-24-19(22)9-8-17-14-20-21(15-17)18-6-4-3-5-7-18/h3-9,14-16H,10-13H2,1-2H3. The van der Waals surface area contributed by atoms with Gasteiger partial charge in [-0.1, -0.05) is 32.0 Å². The Bertz CT molecular complexity index is 648. The van der Waals surface area contributed by atoms with Crippen molar-refractivity contribution in [2.75, 3.05) is 19.8 Å². The topological polar surface area (TPSA) is 53.4 Å². The van der Waals surface area contributed by atoms with Crippen LogP contribution in [0.4, 0.5) is 0 Å². The zero-order valence-corrected chi connectivity index (χ0v) is 14.2. The van der Waals surface area contributed by atoms with Crippen LogP contribution in [0.2, 0.25) is 0 Å². The maximum atomic E-state index is 11.6. The van der Waals surface area contributed by atoms with Crippen LogP contribution in [-0.2, 0) is 14.3 Å². The van der Waals surface area contributed by atoms with E-state index in [2.05, 4.69) is 18.9 Å². The quantitative estimate of drug-likeness (QED) is 0.402. The van der Waals surface area contributed by atoms with E-state index in [1.165, 1.54) is 6.08 Å². The van der Waals surface area contributed by atoms with Gasteiger partial charge < -0.3 is 9.47 Å². The molecule has 128 valence electrons. The molecule has 1 heterocycles. The summed E-state index contributed by atoms with van der Waals surface area (Å²) in [5, 5.41) is 4.27. The van der Waals surface area contributed by atoms with Crippen molar-refractivity contribution in [3.05, 3.63) is 54.4 Å². The van der Waals surface area contributed by atoms with Gasteiger partial charge in [-0.15, -0.1) is 0 Å². The van der Waals surface area contributed by atoms with Crippen molar-refractivity contribution in [1.82, 2.24) is 9.78 Å². The molecule has 2 aromatic rings. The number of carbonyl (C=O) groups is 1. The van der Waals surface area contributed by atoms with Gasteiger partial charge in [0.25, 0.3) is 0 Å². The summed E-state index contributed by atoms with van der Waals surface area (Å²) in [6.45, 7) is 5.69. The van der Waals surface area contributed by atoms with Gasteiger partial charge in [0.05, 0.1) is 18.5 Å². The number of ether oxygens (including phenoxy) is 2. The summed E-state index contributed by atoms with van der Waals surface area (Å²) in [5.41, 5.74) is 1.81. The first-order valence-electron chi connectivity index (χ1n) is 8.18. The van der Waals surface area contributed by atoms with E-state index in [1.54, 1.807) is 17.0 Å². The second-order valence-corrected chi connectivity index (χ2v) is 5.85. The molecule has 1 aromatic heterocycles. The zero-order valence-electron chi connectivity index (χ0n) is 14.2. The summed E-state index contributed by atoms with van der Waals surface area (Å²) in [5.74, 6) is 0.238. The highest BCUT2D eigenvalue weighted by Crippen LogP contribution is 2.08. The van der Waals surface area contributed by atoms with Gasteiger partial charge in [-0.25, -0.2) is 9.48 Å². The molecule has 0 unspecified atom stereocenters. The largest absolute Gasteiger partial charge is 0.460 e. The third-order valence-corrected chi connectivity index (χ3v) is 3.35. The molecule has 0 amide bonds. The second-order valence-electron chi connectivity index (χ2n) is 5.85. The average Bonchev–Trinajstić information content (AvgIpc) is 3.06. The van der Waals surface area contributed by atoms with Crippen LogP contribution in [0.5, 0.6) is 0 Å². The number of nitrogens with zero attached hydrogens (tertiary/aromatic N) is 2. The maximum absolute atomic E-state index is 11.6. The van der Waals surface area contributed by atoms with Crippen LogP contribution in [0.3, 0.4) is 0 Å². The van der Waals surface area contributed by atoms with Gasteiger partial charge in [0.1, 0.15) is 6.61 Å². The van der Waals surface area contributed by atoms with Crippen molar-refractivity contribution in [2.45, 2.75) is 20.3 Å². The molecule has 0 N–H and O–H groups in total. The predicted molar refractivity (Wildman–Crippen MR) is 93.8 cm³/mol. The highest BCUT2D eigenvalue weighted by atomic mass is 16.6. The number of benzene rings is 1. The van der Waals surface area contributed by atoms with Crippen molar-refractivity contribution in [1.29, 1.82) is 0 Å². The van der Waals surface area contributed by atoms with Gasteiger partial charge >= 0.3 is 5.97 Å². The molecule has 0 radical (unpaired) electrons. The molecule has 0 fully saturated rings. The number of para-hydroxylation sites is 1. The Balaban J connectivity index is 1.71. The average molecular weight is 328 g/mol. The summed E-state index contributed by atoms with van der Waals surface area (Å²) in [6.07, 6.45) is 7.66. The molecule has 0 aliphatic heterocycles. The van der Waals surface area contributed by atoms with Gasteiger partial charge in [-0.2, -0.15) is 5.10 Å². The molecule has 0 aliphatic rings. The smallest absolute Gasteiger partial charge is 0.330 e. The monoisotopic (exact) mass is 328 g/mol. The van der Waals surface area contributed by atoms with Gasteiger partial charge in [-0.05, 0) is 30.5 Å². The first-order chi connectivity index (χ1) is 11.6. The number of aromatic nitrogens is 2. The Labute approximate surface area is 142 Å². The highest BCUT2D eigenvalue weighted by Gasteiger charge is 2.01. The van der Waals surface area contributed by atoms with Crippen LogP contribution >= 0.6 is 0 Å². The number of hydrogen-bond acceptors (Lipinski definition) is 4. The van der Waals surface area contributed by atoms with Gasteiger partial charge in [0.2, 0.25) is 0 Å². The normalized spacial score (nSPS) is 11.3. The van der Waals surface area contributed by atoms with E-state index in [4.69, 9.17) is 9.47 Å². The van der Waals surface area contributed by atoms with Gasteiger partial charge in [-0.3, -0.25) is 0 Å². The summed E-state index contributed by atoms with van der Waals surface area (Å²) < 4.78 is 12.2. The first kappa shape index (κ1) is 17.9. The molecule has 0 aliphatic carbocycles. The highest BCUT2D eigenvalue weighted by molar-refractivity contribution is 5.86. The summed E-state index contributed by atoms with van der Waals surface area (Å²) in [4.78, 5) is 11.6. The molecule has 24 heavy (non-hydrogen) atoms. The Kier molecular flexibility index (Phi) is 7.23. The fourth-order valence-corrected chi connectivity index (χ4v) is 1.98. The number of carbonyl (C=O) groups excluding carboxylic acids is 1. The van der Waals surface area contributed by atoms with Crippen molar-refractivity contribution in [2.24, 2.45) is 5.92 Å². The van der Waals surface area contributed by atoms with Crippen LogP contribution < -0.4 is 0 Å². The summed E-state index contributed by atoms with van der Waals surface area (Å²) in [6, 6.07) is 9.79. The van der Waals surface area contributed by atoms with E-state index in [9.17, 15) is 4.79 Å². The van der Waals surface area contributed by atoms with Gasteiger partial charge in [0, 0.05) is 24.4 Å².